The summed E-state index contributed by atoms with van der Waals surface area (Å²) in [5, 5.41) is 6.74. The monoisotopic (exact) mass is 531 g/mol. The second-order valence-corrected chi connectivity index (χ2v) is 7.22. The number of halogens is 1. The third-order valence-corrected chi connectivity index (χ3v) is 4.78. The highest BCUT2D eigenvalue weighted by molar-refractivity contribution is 14.0. The Kier molecular flexibility index (Phi) is 12.2. The van der Waals surface area contributed by atoms with E-state index >= 15 is 0 Å². The number of hydrogen-bond acceptors (Lipinski definition) is 4. The van der Waals surface area contributed by atoms with Crippen molar-refractivity contribution in [3.8, 4) is 0 Å². The number of hydrogen-bond donors (Lipinski definition) is 2. The van der Waals surface area contributed by atoms with Crippen molar-refractivity contribution in [1.82, 2.24) is 20.4 Å². The minimum atomic E-state index is -0.252. The van der Waals surface area contributed by atoms with Crippen LogP contribution in [0.2, 0.25) is 0 Å². The van der Waals surface area contributed by atoms with Gasteiger partial charge in [-0.05, 0) is 31.7 Å². The van der Waals surface area contributed by atoms with Crippen LogP contribution in [0.3, 0.4) is 0 Å². The predicted octanol–water partition coefficient (Wildman–Crippen LogP) is 2.09. The molecule has 2 amide bonds. The van der Waals surface area contributed by atoms with Gasteiger partial charge in [-0.1, -0.05) is 30.3 Å². The van der Waals surface area contributed by atoms with E-state index < -0.39 is 0 Å². The fourth-order valence-corrected chi connectivity index (χ4v) is 3.03. The molecule has 1 aromatic rings. The van der Waals surface area contributed by atoms with E-state index in [9.17, 15) is 9.59 Å². The first kappa shape index (κ1) is 26.0. The average molecular weight is 531 g/mol. The van der Waals surface area contributed by atoms with Crippen molar-refractivity contribution in [2.45, 2.75) is 32.2 Å². The Labute approximate surface area is 196 Å². The van der Waals surface area contributed by atoms with Crippen LogP contribution in [0.5, 0.6) is 0 Å². The lowest BCUT2D eigenvalue weighted by Gasteiger charge is -2.32. The number of amides is 2. The molecule has 1 fully saturated rings. The fraction of sp³-hybridized carbons (Fsp3) is 0.571. The van der Waals surface area contributed by atoms with Crippen molar-refractivity contribution in [1.29, 1.82) is 0 Å². The van der Waals surface area contributed by atoms with Crippen LogP contribution in [0.1, 0.15) is 25.3 Å². The van der Waals surface area contributed by atoms with Gasteiger partial charge in [0.1, 0.15) is 6.54 Å². The number of ether oxygens (including phenoxy) is 1. The lowest BCUT2D eigenvalue weighted by molar-refractivity contribution is -0.127. The molecule has 1 heterocycles. The molecule has 30 heavy (non-hydrogen) atoms. The summed E-state index contributed by atoms with van der Waals surface area (Å²) < 4.78 is 5.07. The maximum Gasteiger partial charge on any atom is 0.409 e. The Morgan fingerprint density at radius 1 is 1.20 bits per heavy atom. The van der Waals surface area contributed by atoms with E-state index in [4.69, 9.17) is 4.74 Å². The molecule has 0 radical (unpaired) electrons. The summed E-state index contributed by atoms with van der Waals surface area (Å²) in [6, 6.07) is 10.4. The SMILES string of the molecule is CCOC(=O)N1CCC(NC(=NCC(=O)N(C)C)NCCc2ccccc2)CC1.I. The van der Waals surface area contributed by atoms with Crippen molar-refractivity contribution in [3.63, 3.8) is 0 Å². The second kappa shape index (κ2) is 14.1. The molecule has 0 unspecified atom stereocenters. The van der Waals surface area contributed by atoms with Gasteiger partial charge in [-0.2, -0.15) is 0 Å². The largest absolute Gasteiger partial charge is 0.450 e. The first-order valence-corrected chi connectivity index (χ1v) is 10.2. The Balaban J connectivity index is 0.00000450. The number of rotatable bonds is 7. The normalized spacial score (nSPS) is 14.5. The Morgan fingerprint density at radius 2 is 1.87 bits per heavy atom. The molecule has 1 aliphatic heterocycles. The summed E-state index contributed by atoms with van der Waals surface area (Å²) in [7, 11) is 3.44. The van der Waals surface area contributed by atoms with Crippen LogP contribution in [0.25, 0.3) is 0 Å². The van der Waals surface area contributed by atoms with Gasteiger partial charge in [0.25, 0.3) is 0 Å². The zero-order valence-electron chi connectivity index (χ0n) is 18.1. The van der Waals surface area contributed by atoms with Crippen LogP contribution < -0.4 is 10.6 Å². The molecule has 0 aliphatic carbocycles. The van der Waals surface area contributed by atoms with Gasteiger partial charge in [0, 0.05) is 39.8 Å². The van der Waals surface area contributed by atoms with E-state index in [0.29, 0.717) is 32.2 Å². The highest BCUT2D eigenvalue weighted by Gasteiger charge is 2.24. The topological polar surface area (TPSA) is 86.3 Å². The van der Waals surface area contributed by atoms with Gasteiger partial charge in [0.2, 0.25) is 5.91 Å². The van der Waals surface area contributed by atoms with E-state index in [-0.39, 0.29) is 48.6 Å². The number of likely N-dealkylation sites (N-methyl/N-ethyl adjacent to an activating group) is 1. The predicted molar refractivity (Wildman–Crippen MR) is 129 cm³/mol. The lowest BCUT2D eigenvalue weighted by atomic mass is 10.1. The molecule has 8 nitrogen and oxygen atoms in total. The zero-order chi connectivity index (χ0) is 21.1. The summed E-state index contributed by atoms with van der Waals surface area (Å²) in [6.07, 6.45) is 2.22. The number of carbonyl (C=O) groups excluding carboxylic acids is 2. The molecule has 0 aromatic heterocycles. The molecular weight excluding hydrogens is 497 g/mol. The van der Waals surface area contributed by atoms with E-state index in [1.165, 1.54) is 10.5 Å². The maximum atomic E-state index is 11.9. The van der Waals surface area contributed by atoms with Crippen LogP contribution in [-0.4, -0.2) is 80.7 Å². The summed E-state index contributed by atoms with van der Waals surface area (Å²) >= 11 is 0. The molecule has 1 aliphatic rings. The second-order valence-electron chi connectivity index (χ2n) is 7.22. The highest BCUT2D eigenvalue weighted by atomic mass is 127. The van der Waals surface area contributed by atoms with Crippen LogP contribution >= 0.6 is 24.0 Å². The van der Waals surface area contributed by atoms with Crippen molar-refractivity contribution in [2.24, 2.45) is 4.99 Å². The molecule has 0 spiro atoms. The van der Waals surface area contributed by atoms with Gasteiger partial charge in [-0.3, -0.25) is 4.79 Å². The van der Waals surface area contributed by atoms with E-state index in [1.807, 2.05) is 25.1 Å². The number of aliphatic imine (C=N–C) groups is 1. The number of piperidine rings is 1. The number of carbonyl (C=O) groups is 2. The van der Waals surface area contributed by atoms with Gasteiger partial charge in [0.05, 0.1) is 6.61 Å². The molecule has 1 saturated heterocycles. The van der Waals surface area contributed by atoms with Gasteiger partial charge < -0.3 is 25.2 Å². The van der Waals surface area contributed by atoms with E-state index in [1.54, 1.807) is 19.0 Å². The first-order valence-electron chi connectivity index (χ1n) is 10.2. The van der Waals surface area contributed by atoms with Gasteiger partial charge in [0.15, 0.2) is 5.96 Å². The van der Waals surface area contributed by atoms with Crippen LogP contribution in [-0.2, 0) is 16.0 Å². The lowest BCUT2D eigenvalue weighted by Crippen LogP contribution is -2.50. The standard InChI is InChI=1S/C21H33N5O3.HI/c1-4-29-21(28)26-14-11-18(12-15-26)24-20(23-16-19(27)25(2)3)22-13-10-17-8-6-5-7-9-17;/h5-9,18H,4,10-16H2,1-3H3,(H2,22,23,24);1H. The number of guanidine groups is 1. The molecule has 0 atom stereocenters. The molecule has 1 aromatic carbocycles. The summed E-state index contributed by atoms with van der Waals surface area (Å²) in [6.45, 7) is 4.29. The molecular formula is C21H34IN5O3. The average Bonchev–Trinajstić information content (AvgIpc) is 2.73. The summed E-state index contributed by atoms with van der Waals surface area (Å²) in [5.41, 5.74) is 1.24. The van der Waals surface area contributed by atoms with Crippen molar-refractivity contribution in [3.05, 3.63) is 35.9 Å². The van der Waals surface area contributed by atoms with Crippen molar-refractivity contribution < 1.29 is 14.3 Å². The fourth-order valence-electron chi connectivity index (χ4n) is 3.03. The first-order chi connectivity index (χ1) is 14.0. The number of nitrogens with one attached hydrogen (secondary N) is 2. The molecule has 2 N–H and O–H groups in total. The quantitative estimate of drug-likeness (QED) is 0.320. The summed E-state index contributed by atoms with van der Waals surface area (Å²) in [5.74, 6) is 0.581. The van der Waals surface area contributed by atoms with Crippen LogP contribution in [0.15, 0.2) is 35.3 Å². The number of benzene rings is 1. The van der Waals surface area contributed by atoms with Crippen LogP contribution in [0, 0.1) is 0 Å². The van der Waals surface area contributed by atoms with Gasteiger partial charge in [-0.15, -0.1) is 24.0 Å². The maximum absolute atomic E-state index is 11.9. The van der Waals surface area contributed by atoms with E-state index in [0.717, 1.165) is 19.3 Å². The van der Waals surface area contributed by atoms with E-state index in [2.05, 4.69) is 27.8 Å². The van der Waals surface area contributed by atoms with Crippen molar-refractivity contribution in [2.75, 3.05) is 46.9 Å². The molecule has 168 valence electrons. The molecule has 0 saturated carbocycles. The van der Waals surface area contributed by atoms with Gasteiger partial charge in [-0.25, -0.2) is 9.79 Å². The zero-order valence-corrected chi connectivity index (χ0v) is 20.4. The van der Waals surface area contributed by atoms with Gasteiger partial charge >= 0.3 is 6.09 Å². The third-order valence-electron chi connectivity index (χ3n) is 4.78. The smallest absolute Gasteiger partial charge is 0.409 e. The van der Waals surface area contributed by atoms with Crippen molar-refractivity contribution >= 4 is 41.9 Å². The molecule has 0 bridgehead atoms. The third kappa shape index (κ3) is 9.19. The molecule has 2 rings (SSSR count). The molecule has 9 heteroatoms. The Morgan fingerprint density at radius 3 is 2.47 bits per heavy atom. The number of nitrogens with zero attached hydrogens (tertiary/aromatic N) is 3. The van der Waals surface area contributed by atoms with Crippen LogP contribution in [0.4, 0.5) is 4.79 Å². The Hall–Kier alpha value is -2.04. The number of likely N-dealkylation sites (tertiary alicyclic amines) is 1. The Bertz CT molecular complexity index is 676. The minimum absolute atomic E-state index is 0. The highest BCUT2D eigenvalue weighted by Crippen LogP contribution is 2.11. The minimum Gasteiger partial charge on any atom is -0.450 e. The summed E-state index contributed by atoms with van der Waals surface area (Å²) in [4.78, 5) is 31.5.